The average molecular weight is 415 g/mol. The number of carbonyl (C=O) groups is 1. The van der Waals surface area contributed by atoms with Crippen LogP contribution in [0.3, 0.4) is 0 Å². The molecule has 0 saturated carbocycles. The third kappa shape index (κ3) is 4.31. The summed E-state index contributed by atoms with van der Waals surface area (Å²) in [5.41, 5.74) is 1.51. The first-order valence-electron chi connectivity index (χ1n) is 10.7. The molecule has 0 bridgehead atoms. The van der Waals surface area contributed by atoms with E-state index in [-0.39, 0.29) is 24.2 Å². The molecule has 0 aliphatic carbocycles. The highest BCUT2D eigenvalue weighted by molar-refractivity contribution is 5.92. The normalized spacial score (nSPS) is 19.9. The molecule has 1 amide bonds. The van der Waals surface area contributed by atoms with Crippen molar-refractivity contribution in [2.75, 3.05) is 19.8 Å². The van der Waals surface area contributed by atoms with Gasteiger partial charge in [0.2, 0.25) is 0 Å². The number of benzene rings is 1. The molecule has 1 saturated heterocycles. The zero-order valence-electron chi connectivity index (χ0n) is 17.8. The van der Waals surface area contributed by atoms with E-state index in [1.54, 1.807) is 0 Å². The van der Waals surface area contributed by atoms with Crippen LogP contribution >= 0.6 is 0 Å². The van der Waals surface area contributed by atoms with Gasteiger partial charge in [-0.05, 0) is 51.5 Å². The Hall–Kier alpha value is -2.54. The average Bonchev–Trinajstić information content (AvgIpc) is 3.22. The minimum Gasteiger partial charge on any atom is -0.487 e. The predicted molar refractivity (Wildman–Crippen MR) is 112 cm³/mol. The van der Waals surface area contributed by atoms with Gasteiger partial charge in [0.1, 0.15) is 22.7 Å². The lowest BCUT2D eigenvalue weighted by molar-refractivity contribution is -0.123. The molecular formula is C23H29NO6. The third-order valence-corrected chi connectivity index (χ3v) is 5.78. The van der Waals surface area contributed by atoms with Gasteiger partial charge in [-0.3, -0.25) is 4.79 Å². The number of ether oxygens (including phenoxy) is 3. The van der Waals surface area contributed by atoms with Crippen LogP contribution in [-0.2, 0) is 22.4 Å². The summed E-state index contributed by atoms with van der Waals surface area (Å²) in [5.74, 6) is 0.923. The monoisotopic (exact) mass is 415 g/mol. The van der Waals surface area contributed by atoms with Crippen LogP contribution in [-0.4, -0.2) is 37.4 Å². The van der Waals surface area contributed by atoms with Gasteiger partial charge in [-0.25, -0.2) is 4.79 Å². The zero-order valence-corrected chi connectivity index (χ0v) is 17.8. The van der Waals surface area contributed by atoms with E-state index in [9.17, 15) is 9.59 Å². The summed E-state index contributed by atoms with van der Waals surface area (Å²) < 4.78 is 23.2. The Labute approximate surface area is 175 Å². The fourth-order valence-corrected chi connectivity index (χ4v) is 4.14. The lowest BCUT2D eigenvalue weighted by atomic mass is 9.92. The van der Waals surface area contributed by atoms with Crippen LogP contribution < -0.4 is 20.4 Å². The summed E-state index contributed by atoms with van der Waals surface area (Å²) in [6.45, 7) is 7.13. The lowest BCUT2D eigenvalue weighted by Gasteiger charge is -2.33. The highest BCUT2D eigenvalue weighted by Gasteiger charge is 2.30. The third-order valence-electron chi connectivity index (χ3n) is 5.78. The molecule has 30 heavy (non-hydrogen) atoms. The highest BCUT2D eigenvalue weighted by atomic mass is 16.5. The second-order valence-corrected chi connectivity index (χ2v) is 8.59. The van der Waals surface area contributed by atoms with Gasteiger partial charge in [0.25, 0.3) is 5.91 Å². The Kier molecular flexibility index (Phi) is 5.73. The second kappa shape index (κ2) is 8.30. The minimum absolute atomic E-state index is 0.0788. The summed E-state index contributed by atoms with van der Waals surface area (Å²) in [4.78, 5) is 24.5. The Morgan fingerprint density at radius 3 is 2.90 bits per heavy atom. The van der Waals surface area contributed by atoms with Crippen molar-refractivity contribution in [3.05, 3.63) is 33.7 Å². The van der Waals surface area contributed by atoms with Crippen LogP contribution in [0.4, 0.5) is 0 Å². The largest absolute Gasteiger partial charge is 0.487 e. The van der Waals surface area contributed by atoms with E-state index in [2.05, 4.69) is 5.32 Å². The van der Waals surface area contributed by atoms with Gasteiger partial charge in [-0.1, -0.05) is 6.92 Å². The van der Waals surface area contributed by atoms with Crippen LogP contribution in [0, 0.1) is 0 Å². The van der Waals surface area contributed by atoms with E-state index in [1.165, 1.54) is 6.07 Å². The smallest absolute Gasteiger partial charge is 0.336 e. The molecule has 0 spiro atoms. The van der Waals surface area contributed by atoms with Crippen LogP contribution in [0.1, 0.15) is 51.2 Å². The van der Waals surface area contributed by atoms with Crippen LogP contribution in [0.5, 0.6) is 11.5 Å². The van der Waals surface area contributed by atoms with Crippen molar-refractivity contribution in [3.8, 4) is 11.5 Å². The molecular weight excluding hydrogens is 386 g/mol. The molecule has 0 radical (unpaired) electrons. The Bertz CT molecular complexity index is 1000. The molecule has 1 aromatic carbocycles. The maximum absolute atomic E-state index is 12.3. The molecule has 1 fully saturated rings. The van der Waals surface area contributed by atoms with Crippen LogP contribution in [0.15, 0.2) is 21.3 Å². The summed E-state index contributed by atoms with van der Waals surface area (Å²) in [5, 5.41) is 3.60. The van der Waals surface area contributed by atoms with Gasteiger partial charge in [-0.15, -0.1) is 0 Å². The number of amides is 1. The van der Waals surface area contributed by atoms with Crippen molar-refractivity contribution in [1.29, 1.82) is 0 Å². The molecule has 1 atom stereocenters. The predicted octanol–water partition coefficient (Wildman–Crippen LogP) is 3.13. The minimum atomic E-state index is -0.391. The van der Waals surface area contributed by atoms with Crippen LogP contribution in [0.25, 0.3) is 11.0 Å². The topological polar surface area (TPSA) is 87.0 Å². The maximum Gasteiger partial charge on any atom is 0.336 e. The molecule has 7 heteroatoms. The quantitative estimate of drug-likeness (QED) is 0.730. The summed E-state index contributed by atoms with van der Waals surface area (Å²) in [6.07, 6.45) is 4.28. The van der Waals surface area contributed by atoms with E-state index in [0.29, 0.717) is 30.0 Å². The van der Waals surface area contributed by atoms with E-state index in [0.717, 1.165) is 48.8 Å². The van der Waals surface area contributed by atoms with Crippen molar-refractivity contribution in [3.63, 3.8) is 0 Å². The first-order valence-corrected chi connectivity index (χ1v) is 10.7. The Morgan fingerprint density at radius 2 is 2.17 bits per heavy atom. The van der Waals surface area contributed by atoms with E-state index in [1.807, 2.05) is 26.8 Å². The first-order chi connectivity index (χ1) is 14.4. The second-order valence-electron chi connectivity index (χ2n) is 8.59. The lowest BCUT2D eigenvalue weighted by Crippen LogP contribution is -2.35. The fraction of sp³-hybridized carbons (Fsp3) is 0.565. The molecule has 4 rings (SSSR count). The molecule has 2 aliphatic heterocycles. The molecule has 3 heterocycles. The van der Waals surface area contributed by atoms with Gasteiger partial charge in [0.15, 0.2) is 6.61 Å². The van der Waals surface area contributed by atoms with Gasteiger partial charge < -0.3 is 23.9 Å². The molecule has 7 nitrogen and oxygen atoms in total. The highest BCUT2D eigenvalue weighted by Crippen LogP contribution is 2.42. The number of carbonyl (C=O) groups excluding carboxylic acids is 1. The van der Waals surface area contributed by atoms with Crippen LogP contribution in [0.2, 0.25) is 0 Å². The SMILES string of the molecule is CCc1cc(=O)oc2c3c(cc(OCC(=O)NC[C@H]4CCCO4)c12)OC(C)(C)CC3. The number of hydrogen-bond acceptors (Lipinski definition) is 6. The number of fused-ring (bicyclic) bond motifs is 3. The van der Waals surface area contributed by atoms with Crippen molar-refractivity contribution in [2.45, 2.75) is 64.6 Å². The summed E-state index contributed by atoms with van der Waals surface area (Å²) >= 11 is 0. The van der Waals surface area contributed by atoms with Crippen molar-refractivity contribution in [1.82, 2.24) is 5.32 Å². The number of rotatable bonds is 6. The van der Waals surface area contributed by atoms with Gasteiger partial charge in [0, 0.05) is 30.8 Å². The zero-order chi connectivity index (χ0) is 21.3. The number of aryl methyl sites for hydroxylation is 2. The van der Waals surface area contributed by atoms with Gasteiger partial charge in [-0.2, -0.15) is 0 Å². The van der Waals surface area contributed by atoms with E-state index >= 15 is 0 Å². The first kappa shape index (κ1) is 20.7. The van der Waals surface area contributed by atoms with Gasteiger partial charge >= 0.3 is 5.63 Å². The van der Waals surface area contributed by atoms with Crippen molar-refractivity contribution < 1.29 is 23.4 Å². The fourth-order valence-electron chi connectivity index (χ4n) is 4.14. The molecule has 2 aliphatic rings. The molecule has 2 aromatic rings. The van der Waals surface area contributed by atoms with Crippen molar-refractivity contribution >= 4 is 16.9 Å². The standard InChI is InChI=1S/C23H29NO6/c1-4-14-10-20(26)29-22-16-7-8-23(2,3)30-17(16)11-18(21(14)22)28-13-19(25)24-12-15-6-5-9-27-15/h10-11,15H,4-9,12-13H2,1-3H3,(H,24,25)/t15-/m1/s1. The van der Waals surface area contributed by atoms with Gasteiger partial charge in [0.05, 0.1) is 11.5 Å². The molecule has 1 N–H and O–H groups in total. The molecule has 1 aromatic heterocycles. The maximum atomic E-state index is 12.3. The van der Waals surface area contributed by atoms with E-state index < -0.39 is 5.63 Å². The summed E-state index contributed by atoms with van der Waals surface area (Å²) in [6, 6.07) is 3.32. The molecule has 162 valence electrons. The Balaban J connectivity index is 1.62. The van der Waals surface area contributed by atoms with Crippen molar-refractivity contribution in [2.24, 2.45) is 0 Å². The molecule has 0 unspecified atom stereocenters. The number of nitrogens with one attached hydrogen (secondary N) is 1. The number of hydrogen-bond donors (Lipinski definition) is 1. The Morgan fingerprint density at radius 1 is 1.33 bits per heavy atom. The summed E-state index contributed by atoms with van der Waals surface area (Å²) in [7, 11) is 0. The van der Waals surface area contributed by atoms with E-state index in [4.69, 9.17) is 18.6 Å².